The van der Waals surface area contributed by atoms with Crippen molar-refractivity contribution in [1.29, 1.82) is 0 Å². The number of halogens is 1. The summed E-state index contributed by atoms with van der Waals surface area (Å²) in [6.07, 6.45) is 0.192. The second kappa shape index (κ2) is 5.67. The lowest BCUT2D eigenvalue weighted by Gasteiger charge is -2.34. The standard InChI is InChI=1S/C12H15BrN2O3/c1-9-8-14(4-5-18-9)12-3-2-11(15(16)17)6-10(12)7-13/h2-3,6,9H,4-5,7-8H2,1H3. The summed E-state index contributed by atoms with van der Waals surface area (Å²) in [6, 6.07) is 5.01. The Kier molecular flexibility index (Phi) is 4.19. The van der Waals surface area contributed by atoms with E-state index in [0.29, 0.717) is 11.9 Å². The molecule has 1 aromatic rings. The SMILES string of the molecule is CC1CN(c2ccc([N+](=O)[O-])cc2CBr)CCO1. The normalized spacial score (nSPS) is 19.9. The first-order valence-corrected chi connectivity index (χ1v) is 6.94. The maximum atomic E-state index is 10.8. The molecule has 1 aliphatic rings. The topological polar surface area (TPSA) is 55.6 Å². The van der Waals surface area contributed by atoms with Crippen LogP contribution in [0.1, 0.15) is 12.5 Å². The largest absolute Gasteiger partial charge is 0.375 e. The number of rotatable bonds is 3. The zero-order valence-electron chi connectivity index (χ0n) is 10.1. The van der Waals surface area contributed by atoms with Crippen molar-refractivity contribution in [3.8, 4) is 0 Å². The van der Waals surface area contributed by atoms with Gasteiger partial charge in [0.05, 0.1) is 17.6 Å². The summed E-state index contributed by atoms with van der Waals surface area (Å²) in [7, 11) is 0. The summed E-state index contributed by atoms with van der Waals surface area (Å²) in [5.41, 5.74) is 2.13. The van der Waals surface area contributed by atoms with Gasteiger partial charge in [-0.1, -0.05) is 15.9 Å². The van der Waals surface area contributed by atoms with Crippen LogP contribution in [0.4, 0.5) is 11.4 Å². The van der Waals surface area contributed by atoms with Gasteiger partial charge in [0.2, 0.25) is 0 Å². The molecule has 0 saturated carbocycles. The van der Waals surface area contributed by atoms with E-state index in [4.69, 9.17) is 4.74 Å². The number of nitro benzene ring substituents is 1. The van der Waals surface area contributed by atoms with Crippen molar-refractivity contribution in [2.24, 2.45) is 0 Å². The Hall–Kier alpha value is -1.14. The Morgan fingerprint density at radius 1 is 1.61 bits per heavy atom. The van der Waals surface area contributed by atoms with E-state index in [-0.39, 0.29) is 16.7 Å². The summed E-state index contributed by atoms with van der Waals surface area (Å²) in [5.74, 6) is 0. The summed E-state index contributed by atoms with van der Waals surface area (Å²) < 4.78 is 5.50. The number of hydrogen-bond donors (Lipinski definition) is 0. The molecule has 1 atom stereocenters. The Balaban J connectivity index is 2.29. The average molecular weight is 315 g/mol. The molecule has 1 heterocycles. The fourth-order valence-electron chi connectivity index (χ4n) is 2.14. The fraction of sp³-hybridized carbons (Fsp3) is 0.500. The number of morpholine rings is 1. The number of ether oxygens (including phenoxy) is 1. The molecule has 1 aromatic carbocycles. The Morgan fingerprint density at radius 3 is 3.00 bits per heavy atom. The monoisotopic (exact) mass is 314 g/mol. The van der Waals surface area contributed by atoms with E-state index in [1.807, 2.05) is 13.0 Å². The molecule has 0 aromatic heterocycles. The first-order valence-electron chi connectivity index (χ1n) is 5.81. The van der Waals surface area contributed by atoms with Crippen LogP contribution in [0, 0.1) is 10.1 Å². The van der Waals surface area contributed by atoms with E-state index in [9.17, 15) is 10.1 Å². The predicted molar refractivity (Wildman–Crippen MR) is 73.4 cm³/mol. The van der Waals surface area contributed by atoms with Crippen LogP contribution >= 0.6 is 15.9 Å². The van der Waals surface area contributed by atoms with Crippen molar-refractivity contribution < 1.29 is 9.66 Å². The molecule has 1 aliphatic heterocycles. The molecule has 0 spiro atoms. The van der Waals surface area contributed by atoms with Crippen molar-refractivity contribution in [2.45, 2.75) is 18.4 Å². The van der Waals surface area contributed by atoms with Crippen molar-refractivity contribution in [3.05, 3.63) is 33.9 Å². The number of nitro groups is 1. The van der Waals surface area contributed by atoms with E-state index in [1.165, 1.54) is 0 Å². The Bertz CT molecular complexity index is 453. The molecule has 0 amide bonds. The van der Waals surface area contributed by atoms with E-state index in [2.05, 4.69) is 20.8 Å². The Morgan fingerprint density at radius 2 is 2.39 bits per heavy atom. The molecule has 18 heavy (non-hydrogen) atoms. The van der Waals surface area contributed by atoms with Crippen molar-refractivity contribution in [1.82, 2.24) is 0 Å². The highest BCUT2D eigenvalue weighted by molar-refractivity contribution is 9.08. The van der Waals surface area contributed by atoms with Gasteiger partial charge in [-0.2, -0.15) is 0 Å². The summed E-state index contributed by atoms with van der Waals surface area (Å²) in [5, 5.41) is 11.4. The third-order valence-corrected chi connectivity index (χ3v) is 3.60. The molecule has 0 N–H and O–H groups in total. The number of nitrogens with zero attached hydrogens (tertiary/aromatic N) is 2. The highest BCUT2D eigenvalue weighted by Crippen LogP contribution is 2.28. The maximum Gasteiger partial charge on any atom is 0.269 e. The van der Waals surface area contributed by atoms with Gasteiger partial charge in [-0.15, -0.1) is 0 Å². The number of hydrogen-bond acceptors (Lipinski definition) is 4. The van der Waals surface area contributed by atoms with Gasteiger partial charge in [-0.3, -0.25) is 10.1 Å². The van der Waals surface area contributed by atoms with E-state index in [0.717, 1.165) is 24.3 Å². The lowest BCUT2D eigenvalue weighted by Crippen LogP contribution is -2.41. The molecule has 0 aliphatic carbocycles. The molecule has 0 radical (unpaired) electrons. The second-order valence-electron chi connectivity index (χ2n) is 4.33. The van der Waals surface area contributed by atoms with Crippen LogP contribution in [-0.2, 0) is 10.1 Å². The van der Waals surface area contributed by atoms with Gasteiger partial charge < -0.3 is 9.64 Å². The highest BCUT2D eigenvalue weighted by atomic mass is 79.9. The maximum absolute atomic E-state index is 10.8. The van der Waals surface area contributed by atoms with Crippen LogP contribution < -0.4 is 4.90 Å². The third-order valence-electron chi connectivity index (χ3n) is 3.00. The summed E-state index contributed by atoms with van der Waals surface area (Å²) in [4.78, 5) is 12.6. The quantitative estimate of drug-likeness (QED) is 0.489. The highest BCUT2D eigenvalue weighted by Gasteiger charge is 2.20. The van der Waals surface area contributed by atoms with Gasteiger partial charge in [0, 0.05) is 36.2 Å². The first kappa shape index (κ1) is 13.3. The van der Waals surface area contributed by atoms with Gasteiger partial charge in [-0.25, -0.2) is 0 Å². The van der Waals surface area contributed by atoms with Crippen LogP contribution in [0.15, 0.2) is 18.2 Å². The van der Waals surface area contributed by atoms with Gasteiger partial charge in [0.25, 0.3) is 5.69 Å². The van der Waals surface area contributed by atoms with E-state index >= 15 is 0 Å². The second-order valence-corrected chi connectivity index (χ2v) is 4.89. The molecule has 6 heteroatoms. The molecule has 0 bridgehead atoms. The average Bonchev–Trinajstić information content (AvgIpc) is 2.37. The lowest BCUT2D eigenvalue weighted by atomic mass is 10.1. The van der Waals surface area contributed by atoms with Crippen LogP contribution in [0.2, 0.25) is 0 Å². The molecule has 1 saturated heterocycles. The predicted octanol–water partition coefficient (Wildman–Crippen LogP) is 2.71. The number of anilines is 1. The fourth-order valence-corrected chi connectivity index (χ4v) is 2.59. The van der Waals surface area contributed by atoms with Crippen LogP contribution in [-0.4, -0.2) is 30.7 Å². The van der Waals surface area contributed by atoms with E-state index in [1.54, 1.807) is 12.1 Å². The number of alkyl halides is 1. The summed E-state index contributed by atoms with van der Waals surface area (Å²) in [6.45, 7) is 4.37. The molecular weight excluding hydrogens is 300 g/mol. The molecule has 5 nitrogen and oxygen atoms in total. The van der Waals surface area contributed by atoms with Crippen molar-refractivity contribution in [3.63, 3.8) is 0 Å². The smallest absolute Gasteiger partial charge is 0.269 e. The van der Waals surface area contributed by atoms with Crippen molar-refractivity contribution in [2.75, 3.05) is 24.6 Å². The molecular formula is C12H15BrN2O3. The summed E-state index contributed by atoms with van der Waals surface area (Å²) >= 11 is 3.39. The van der Waals surface area contributed by atoms with Gasteiger partial charge >= 0.3 is 0 Å². The van der Waals surface area contributed by atoms with Gasteiger partial charge in [0.1, 0.15) is 0 Å². The minimum absolute atomic E-state index is 0.134. The minimum atomic E-state index is -0.363. The van der Waals surface area contributed by atoms with Crippen LogP contribution in [0.5, 0.6) is 0 Å². The zero-order valence-corrected chi connectivity index (χ0v) is 11.7. The zero-order chi connectivity index (χ0) is 13.1. The molecule has 98 valence electrons. The van der Waals surface area contributed by atoms with Crippen molar-refractivity contribution >= 4 is 27.3 Å². The van der Waals surface area contributed by atoms with Crippen LogP contribution in [0.25, 0.3) is 0 Å². The van der Waals surface area contributed by atoms with Crippen LogP contribution in [0.3, 0.4) is 0 Å². The molecule has 1 unspecified atom stereocenters. The Labute approximate surface area is 114 Å². The lowest BCUT2D eigenvalue weighted by molar-refractivity contribution is -0.384. The van der Waals surface area contributed by atoms with Gasteiger partial charge in [-0.05, 0) is 18.6 Å². The first-order chi connectivity index (χ1) is 8.61. The minimum Gasteiger partial charge on any atom is -0.375 e. The number of non-ortho nitro benzene ring substituents is 1. The molecule has 2 rings (SSSR count). The third kappa shape index (κ3) is 2.81. The van der Waals surface area contributed by atoms with Gasteiger partial charge in [0.15, 0.2) is 0 Å². The number of benzene rings is 1. The van der Waals surface area contributed by atoms with E-state index < -0.39 is 0 Å². The molecule has 1 fully saturated rings.